The largest absolute Gasteiger partial charge is 0.340 e. The lowest BCUT2D eigenvalue weighted by Gasteiger charge is -2.43. The van der Waals surface area contributed by atoms with Gasteiger partial charge in [0.2, 0.25) is 5.91 Å². The lowest BCUT2D eigenvalue weighted by atomic mass is 9.78. The predicted octanol–water partition coefficient (Wildman–Crippen LogP) is 1.36. The van der Waals surface area contributed by atoms with Gasteiger partial charge in [-0.05, 0) is 70.3 Å². The Balaban J connectivity index is 0.957. The zero-order valence-electron chi connectivity index (χ0n) is 22.5. The van der Waals surface area contributed by atoms with Gasteiger partial charge in [-0.2, -0.15) is 0 Å². The second-order valence-corrected chi connectivity index (χ2v) is 12.3. The van der Waals surface area contributed by atoms with Crippen molar-refractivity contribution in [3.05, 3.63) is 0 Å². The van der Waals surface area contributed by atoms with Gasteiger partial charge in [-0.1, -0.05) is 0 Å². The number of piperazine rings is 1. The number of carbonyl (C=O) groups is 1. The molecular weight excluding hydrogens is 490 g/mol. The number of nitrogens with zero attached hydrogens (tertiary/aromatic N) is 4. The summed E-state index contributed by atoms with van der Waals surface area (Å²) in [4.78, 5) is 25.3. The highest BCUT2D eigenvalue weighted by Gasteiger charge is 2.42. The van der Waals surface area contributed by atoms with Crippen LogP contribution in [0.3, 0.4) is 0 Å². The summed E-state index contributed by atoms with van der Waals surface area (Å²) in [6.07, 6.45) is 6.80. The van der Waals surface area contributed by atoms with Gasteiger partial charge >= 0.3 is 0 Å². The summed E-state index contributed by atoms with van der Waals surface area (Å²) in [7, 11) is 0. The Hall–Kier alpha value is -1.53. The zero-order valence-corrected chi connectivity index (χ0v) is 22.5. The SMILES string of the molecule is CC(C1CCNC(NC2NC3CCC(C4CC(C(F)F)=NC=N4)CC3N2)C1)N1CCN(C(=O)C2CC2)CC1. The van der Waals surface area contributed by atoms with E-state index in [-0.39, 0.29) is 30.6 Å². The van der Waals surface area contributed by atoms with Crippen molar-refractivity contribution in [1.82, 2.24) is 31.1 Å². The highest BCUT2D eigenvalue weighted by molar-refractivity contribution is 5.94. The molecule has 0 spiro atoms. The fourth-order valence-corrected chi connectivity index (χ4v) is 7.40. The van der Waals surface area contributed by atoms with Gasteiger partial charge in [0, 0.05) is 56.6 Å². The molecule has 212 valence electrons. The zero-order chi connectivity index (χ0) is 26.2. The van der Waals surface area contributed by atoms with E-state index in [0.717, 1.165) is 71.2 Å². The summed E-state index contributed by atoms with van der Waals surface area (Å²) >= 11 is 0. The van der Waals surface area contributed by atoms with Crippen molar-refractivity contribution in [1.29, 1.82) is 0 Å². The fraction of sp³-hybridized carbons (Fsp3) is 0.889. The number of aliphatic imine (C=N–C) groups is 2. The van der Waals surface area contributed by atoms with E-state index in [1.165, 1.54) is 12.8 Å². The molecule has 8 unspecified atom stereocenters. The smallest absolute Gasteiger partial charge is 0.276 e. The van der Waals surface area contributed by atoms with Crippen LogP contribution in [0.25, 0.3) is 0 Å². The molecule has 6 aliphatic rings. The molecule has 9 nitrogen and oxygen atoms in total. The number of nitrogens with one attached hydrogen (secondary N) is 4. The third kappa shape index (κ3) is 5.96. The fourth-order valence-electron chi connectivity index (χ4n) is 7.40. The van der Waals surface area contributed by atoms with E-state index in [0.29, 0.717) is 41.8 Å². The van der Waals surface area contributed by atoms with Crippen LogP contribution >= 0.6 is 0 Å². The first-order chi connectivity index (χ1) is 18.4. The lowest BCUT2D eigenvalue weighted by Crippen LogP contribution is -2.60. The minimum Gasteiger partial charge on any atom is -0.340 e. The molecule has 0 bridgehead atoms. The molecule has 0 aromatic heterocycles. The quantitative estimate of drug-likeness (QED) is 0.394. The van der Waals surface area contributed by atoms with Crippen molar-refractivity contribution in [2.45, 2.75) is 101 Å². The number of carbonyl (C=O) groups excluding carboxylic acids is 1. The second kappa shape index (κ2) is 11.5. The van der Waals surface area contributed by atoms with Crippen molar-refractivity contribution in [2.24, 2.45) is 27.7 Å². The Morgan fingerprint density at radius 2 is 1.84 bits per heavy atom. The molecule has 6 rings (SSSR count). The number of alkyl halides is 2. The lowest BCUT2D eigenvalue weighted by molar-refractivity contribution is -0.134. The topological polar surface area (TPSA) is 96.4 Å². The third-order valence-corrected chi connectivity index (χ3v) is 9.97. The molecule has 3 saturated heterocycles. The third-order valence-electron chi connectivity index (χ3n) is 9.97. The van der Waals surface area contributed by atoms with Crippen molar-refractivity contribution >= 4 is 18.0 Å². The number of amides is 1. The minimum absolute atomic E-state index is 0.0232. The Morgan fingerprint density at radius 1 is 1.05 bits per heavy atom. The van der Waals surface area contributed by atoms with Crippen LogP contribution in [0.2, 0.25) is 0 Å². The number of hydrogen-bond donors (Lipinski definition) is 4. The normalized spacial score (nSPS) is 39.2. The molecule has 0 aromatic carbocycles. The molecule has 8 atom stereocenters. The van der Waals surface area contributed by atoms with Crippen molar-refractivity contribution in [3.8, 4) is 0 Å². The van der Waals surface area contributed by atoms with Crippen LogP contribution in [0, 0.1) is 17.8 Å². The van der Waals surface area contributed by atoms with Gasteiger partial charge in [0.15, 0.2) is 0 Å². The second-order valence-electron chi connectivity index (χ2n) is 12.3. The molecule has 1 amide bonds. The Kier molecular flexibility index (Phi) is 8.09. The molecule has 5 fully saturated rings. The molecule has 0 aromatic rings. The van der Waals surface area contributed by atoms with E-state index in [2.05, 4.69) is 48.0 Å². The summed E-state index contributed by atoms with van der Waals surface area (Å²) in [5.41, 5.74) is -0.0232. The van der Waals surface area contributed by atoms with Gasteiger partial charge in [-0.3, -0.25) is 30.6 Å². The van der Waals surface area contributed by atoms with E-state index in [1.54, 1.807) is 0 Å². The molecule has 11 heteroatoms. The molecular formula is C27H44F2N8O. The number of halogens is 2. The van der Waals surface area contributed by atoms with Crippen molar-refractivity contribution in [2.75, 3.05) is 32.7 Å². The standard InChI is InChI=1S/C27H44F2N8O/c1-16(36-8-10-37(11-9-36)26(38)17-2-3-17)18-6-7-30-24(13-18)35-27-33-20-5-4-19(12-22(20)34-27)21-14-23(25(28)29)32-15-31-21/h15-22,24-25,27,30,33-35H,2-14H2,1H3. The van der Waals surface area contributed by atoms with Gasteiger partial charge in [-0.15, -0.1) is 0 Å². The number of rotatable bonds is 7. The van der Waals surface area contributed by atoms with E-state index >= 15 is 0 Å². The highest BCUT2D eigenvalue weighted by atomic mass is 19.3. The van der Waals surface area contributed by atoms with Crippen LogP contribution in [0.1, 0.15) is 58.3 Å². The van der Waals surface area contributed by atoms with Gasteiger partial charge in [0.05, 0.1) is 17.9 Å². The maximum atomic E-state index is 13.2. The summed E-state index contributed by atoms with van der Waals surface area (Å²) in [5, 5.41) is 14.9. The summed E-state index contributed by atoms with van der Waals surface area (Å²) < 4.78 is 26.3. The number of piperidine rings is 1. The van der Waals surface area contributed by atoms with Gasteiger partial charge in [0.25, 0.3) is 6.43 Å². The Labute approximate surface area is 224 Å². The molecule has 38 heavy (non-hydrogen) atoms. The minimum atomic E-state index is -2.49. The van der Waals surface area contributed by atoms with Gasteiger partial charge in [0.1, 0.15) is 12.6 Å². The van der Waals surface area contributed by atoms with Crippen LogP contribution in [0.15, 0.2) is 9.98 Å². The predicted molar refractivity (Wildman–Crippen MR) is 143 cm³/mol. The van der Waals surface area contributed by atoms with Crippen LogP contribution in [-0.2, 0) is 4.79 Å². The molecule has 2 aliphatic carbocycles. The molecule has 4 aliphatic heterocycles. The first kappa shape index (κ1) is 26.7. The van der Waals surface area contributed by atoms with Crippen LogP contribution < -0.4 is 21.3 Å². The van der Waals surface area contributed by atoms with Crippen molar-refractivity contribution in [3.63, 3.8) is 0 Å². The maximum Gasteiger partial charge on any atom is 0.276 e. The van der Waals surface area contributed by atoms with E-state index in [1.807, 2.05) is 0 Å². The van der Waals surface area contributed by atoms with Crippen LogP contribution in [0.5, 0.6) is 0 Å². The van der Waals surface area contributed by atoms with Crippen LogP contribution in [0.4, 0.5) is 8.78 Å². The molecule has 4 heterocycles. The number of fused-ring (bicyclic) bond motifs is 1. The average Bonchev–Trinajstić information content (AvgIpc) is 3.72. The summed E-state index contributed by atoms with van der Waals surface area (Å²) in [5.74, 6) is 1.62. The van der Waals surface area contributed by atoms with E-state index in [9.17, 15) is 13.6 Å². The van der Waals surface area contributed by atoms with Crippen LogP contribution in [-0.4, -0.2) is 104 Å². The maximum absolute atomic E-state index is 13.2. The van der Waals surface area contributed by atoms with E-state index in [4.69, 9.17) is 0 Å². The summed E-state index contributed by atoms with van der Waals surface area (Å²) in [6, 6.07) is 1.14. The van der Waals surface area contributed by atoms with E-state index < -0.39 is 6.43 Å². The first-order valence-electron chi connectivity index (χ1n) is 14.9. The number of hydrogen-bond acceptors (Lipinski definition) is 8. The monoisotopic (exact) mass is 534 g/mol. The first-order valence-corrected chi connectivity index (χ1v) is 14.9. The average molecular weight is 535 g/mol. The van der Waals surface area contributed by atoms with Gasteiger partial charge in [-0.25, -0.2) is 13.8 Å². The molecule has 4 N–H and O–H groups in total. The Bertz CT molecular complexity index is 906. The summed E-state index contributed by atoms with van der Waals surface area (Å²) in [6.45, 7) is 7.07. The highest BCUT2D eigenvalue weighted by Crippen LogP contribution is 2.34. The molecule has 0 radical (unpaired) electrons. The van der Waals surface area contributed by atoms with Gasteiger partial charge < -0.3 is 10.2 Å². The molecule has 2 saturated carbocycles. The Morgan fingerprint density at radius 3 is 2.61 bits per heavy atom. The van der Waals surface area contributed by atoms with Crippen molar-refractivity contribution < 1.29 is 13.6 Å².